The Morgan fingerprint density at radius 3 is 2.61 bits per heavy atom. The van der Waals surface area contributed by atoms with Crippen LogP contribution in [-0.4, -0.2) is 24.8 Å². The van der Waals surface area contributed by atoms with Crippen molar-refractivity contribution in [3.05, 3.63) is 0 Å². The fourth-order valence-corrected chi connectivity index (χ4v) is 2.98. The number of rotatable bonds is 6. The lowest BCUT2D eigenvalue weighted by Gasteiger charge is -2.32. The molecule has 0 saturated heterocycles. The summed E-state index contributed by atoms with van der Waals surface area (Å²) < 4.78 is 40.2. The molecule has 1 nitrogen and oxygen atoms in total. The van der Waals surface area contributed by atoms with Gasteiger partial charge in [0.1, 0.15) is 6.61 Å². The van der Waals surface area contributed by atoms with Crippen molar-refractivity contribution in [3.8, 4) is 0 Å². The summed E-state index contributed by atoms with van der Waals surface area (Å²) >= 11 is 6.27. The zero-order valence-corrected chi connectivity index (χ0v) is 11.6. The Labute approximate surface area is 112 Å². The Balaban J connectivity index is 2.13. The van der Waals surface area contributed by atoms with Gasteiger partial charge in [0.15, 0.2) is 0 Å². The fourth-order valence-electron chi connectivity index (χ4n) is 2.63. The first-order valence-electron chi connectivity index (χ1n) is 6.71. The van der Waals surface area contributed by atoms with Gasteiger partial charge < -0.3 is 4.74 Å². The molecule has 1 fully saturated rings. The number of ether oxygens (including phenoxy) is 1. The van der Waals surface area contributed by atoms with Crippen molar-refractivity contribution in [2.75, 3.05) is 13.2 Å². The largest absolute Gasteiger partial charge is 0.411 e. The zero-order valence-electron chi connectivity index (χ0n) is 10.8. The monoisotopic (exact) mass is 286 g/mol. The molecule has 0 aromatic carbocycles. The second kappa shape index (κ2) is 7.59. The maximum absolute atomic E-state index is 11.9. The minimum Gasteiger partial charge on any atom is -0.372 e. The van der Waals surface area contributed by atoms with E-state index in [1.807, 2.05) is 0 Å². The summed E-state index contributed by atoms with van der Waals surface area (Å²) in [5, 5.41) is 0.190. The van der Waals surface area contributed by atoms with Crippen LogP contribution in [0.1, 0.15) is 45.4 Å². The second-order valence-electron chi connectivity index (χ2n) is 5.17. The van der Waals surface area contributed by atoms with Crippen molar-refractivity contribution in [3.63, 3.8) is 0 Å². The van der Waals surface area contributed by atoms with Crippen LogP contribution in [-0.2, 0) is 4.74 Å². The van der Waals surface area contributed by atoms with Gasteiger partial charge in [0, 0.05) is 12.0 Å². The van der Waals surface area contributed by atoms with E-state index in [1.165, 1.54) is 12.8 Å². The van der Waals surface area contributed by atoms with Crippen molar-refractivity contribution in [2.24, 2.45) is 11.8 Å². The molecule has 1 saturated carbocycles. The first-order valence-corrected chi connectivity index (χ1v) is 7.14. The minimum atomic E-state index is -4.22. The molecule has 1 aliphatic rings. The molecule has 0 radical (unpaired) electrons. The normalized spacial score (nSPS) is 29.5. The molecule has 0 spiro atoms. The number of alkyl halides is 4. The third-order valence-corrected chi connectivity index (χ3v) is 4.28. The van der Waals surface area contributed by atoms with E-state index in [0.29, 0.717) is 12.3 Å². The summed E-state index contributed by atoms with van der Waals surface area (Å²) in [5.41, 5.74) is 0. The molecule has 0 N–H and O–H groups in total. The summed E-state index contributed by atoms with van der Waals surface area (Å²) in [5.74, 6) is 1.18. The first-order chi connectivity index (χ1) is 8.42. The average Bonchev–Trinajstić information content (AvgIpc) is 2.29. The predicted molar refractivity (Wildman–Crippen MR) is 66.9 cm³/mol. The van der Waals surface area contributed by atoms with Crippen LogP contribution in [0.4, 0.5) is 13.2 Å². The van der Waals surface area contributed by atoms with Crippen molar-refractivity contribution in [1.29, 1.82) is 0 Å². The average molecular weight is 287 g/mol. The maximum Gasteiger partial charge on any atom is 0.411 e. The van der Waals surface area contributed by atoms with E-state index < -0.39 is 12.8 Å². The minimum absolute atomic E-state index is 0.177. The smallest absolute Gasteiger partial charge is 0.372 e. The van der Waals surface area contributed by atoms with Gasteiger partial charge in [0.25, 0.3) is 0 Å². The van der Waals surface area contributed by atoms with Crippen LogP contribution in [0.25, 0.3) is 0 Å². The van der Waals surface area contributed by atoms with Crippen LogP contribution >= 0.6 is 11.6 Å². The molecule has 0 aliphatic heterocycles. The highest BCUT2D eigenvalue weighted by atomic mass is 35.5. The van der Waals surface area contributed by atoms with Gasteiger partial charge in [-0.15, -0.1) is 11.6 Å². The standard InChI is InChI=1S/C13H22ClF3O/c1-2-10-5-6-12(14)11(8-10)4-3-7-18-9-13(15,16)17/h10-12H,2-9H2,1H3. The van der Waals surface area contributed by atoms with Gasteiger partial charge >= 0.3 is 6.18 Å². The second-order valence-corrected chi connectivity index (χ2v) is 5.73. The molecule has 18 heavy (non-hydrogen) atoms. The number of hydrogen-bond donors (Lipinski definition) is 0. The third kappa shape index (κ3) is 6.28. The van der Waals surface area contributed by atoms with E-state index in [0.717, 1.165) is 25.2 Å². The van der Waals surface area contributed by atoms with Crippen LogP contribution in [0.5, 0.6) is 0 Å². The zero-order chi connectivity index (χ0) is 13.6. The molecule has 1 aliphatic carbocycles. The van der Waals surface area contributed by atoms with Crippen LogP contribution in [0.2, 0.25) is 0 Å². The Bertz CT molecular complexity index is 233. The molecule has 3 unspecified atom stereocenters. The summed E-state index contributed by atoms with van der Waals surface area (Å²) in [6.45, 7) is 1.22. The molecule has 5 heteroatoms. The third-order valence-electron chi connectivity index (χ3n) is 3.70. The van der Waals surface area contributed by atoms with Gasteiger partial charge in [0.05, 0.1) is 0 Å². The molecule has 0 aromatic rings. The lowest BCUT2D eigenvalue weighted by molar-refractivity contribution is -0.174. The van der Waals surface area contributed by atoms with E-state index in [9.17, 15) is 13.2 Å². The quantitative estimate of drug-likeness (QED) is 0.504. The predicted octanol–water partition coefficient (Wildman–Crippen LogP) is 4.78. The van der Waals surface area contributed by atoms with E-state index in [4.69, 9.17) is 11.6 Å². The highest BCUT2D eigenvalue weighted by Crippen LogP contribution is 2.36. The molecule has 108 valence electrons. The number of hydrogen-bond acceptors (Lipinski definition) is 1. The summed E-state index contributed by atoms with van der Waals surface area (Å²) in [4.78, 5) is 0. The van der Waals surface area contributed by atoms with Crippen LogP contribution in [0.3, 0.4) is 0 Å². The van der Waals surface area contributed by atoms with Crippen molar-refractivity contribution in [2.45, 2.75) is 57.0 Å². The Morgan fingerprint density at radius 2 is 2.00 bits per heavy atom. The van der Waals surface area contributed by atoms with Crippen LogP contribution in [0, 0.1) is 11.8 Å². The van der Waals surface area contributed by atoms with Gasteiger partial charge in [-0.3, -0.25) is 0 Å². The first kappa shape index (κ1) is 16.1. The van der Waals surface area contributed by atoms with Gasteiger partial charge in [-0.05, 0) is 43.9 Å². The van der Waals surface area contributed by atoms with E-state index in [-0.39, 0.29) is 12.0 Å². The molecular weight excluding hydrogens is 265 g/mol. The topological polar surface area (TPSA) is 9.23 Å². The summed E-state index contributed by atoms with van der Waals surface area (Å²) in [6, 6.07) is 0. The molecule has 0 bridgehead atoms. The van der Waals surface area contributed by atoms with Crippen molar-refractivity contribution < 1.29 is 17.9 Å². The summed E-state index contributed by atoms with van der Waals surface area (Å²) in [7, 11) is 0. The maximum atomic E-state index is 11.9. The van der Waals surface area contributed by atoms with Crippen LogP contribution in [0.15, 0.2) is 0 Å². The van der Waals surface area contributed by atoms with Gasteiger partial charge in [-0.1, -0.05) is 13.3 Å². The van der Waals surface area contributed by atoms with Crippen molar-refractivity contribution >= 4 is 11.6 Å². The highest BCUT2D eigenvalue weighted by molar-refractivity contribution is 6.20. The van der Waals surface area contributed by atoms with Gasteiger partial charge in [-0.2, -0.15) is 13.2 Å². The molecule has 3 atom stereocenters. The molecule has 0 amide bonds. The summed E-state index contributed by atoms with van der Waals surface area (Å²) in [6.07, 6.45) is 1.84. The highest BCUT2D eigenvalue weighted by Gasteiger charge is 2.29. The lowest BCUT2D eigenvalue weighted by Crippen LogP contribution is -2.25. The molecule has 0 aromatic heterocycles. The Kier molecular flexibility index (Phi) is 6.78. The van der Waals surface area contributed by atoms with E-state index in [2.05, 4.69) is 11.7 Å². The van der Waals surface area contributed by atoms with Gasteiger partial charge in [-0.25, -0.2) is 0 Å². The van der Waals surface area contributed by atoms with Crippen molar-refractivity contribution in [1.82, 2.24) is 0 Å². The SMILES string of the molecule is CCC1CCC(Cl)C(CCCOCC(F)(F)F)C1. The fraction of sp³-hybridized carbons (Fsp3) is 1.00. The van der Waals surface area contributed by atoms with E-state index >= 15 is 0 Å². The molecule has 0 heterocycles. The molecule has 1 rings (SSSR count). The number of halogens is 4. The lowest BCUT2D eigenvalue weighted by atomic mass is 9.78. The van der Waals surface area contributed by atoms with Crippen LogP contribution < -0.4 is 0 Å². The molecular formula is C13H22ClF3O. The van der Waals surface area contributed by atoms with E-state index in [1.54, 1.807) is 0 Å². The Hall–Kier alpha value is 0.0400. The Morgan fingerprint density at radius 1 is 1.28 bits per heavy atom. The van der Waals surface area contributed by atoms with Gasteiger partial charge in [0.2, 0.25) is 0 Å².